The predicted molar refractivity (Wildman–Crippen MR) is 68.9 cm³/mol. The monoisotopic (exact) mass is 263 g/mol. The number of carbonyl (C=O) groups excluding carboxylic acids is 2. The molecule has 1 fully saturated rings. The zero-order chi connectivity index (χ0) is 12.3. The second kappa shape index (κ2) is 6.81. The van der Waals surface area contributed by atoms with Crippen molar-refractivity contribution in [3.05, 3.63) is 0 Å². The van der Waals surface area contributed by atoms with Gasteiger partial charge in [-0.25, -0.2) is 0 Å². The second-order valence-corrected chi connectivity index (χ2v) is 4.81. The Bertz CT molecular complexity index is 280. The van der Waals surface area contributed by atoms with Crippen LogP contribution in [0.1, 0.15) is 26.7 Å². The fourth-order valence-electron chi connectivity index (χ4n) is 1.33. The zero-order valence-corrected chi connectivity index (χ0v) is 11.4. The summed E-state index contributed by atoms with van der Waals surface area (Å²) in [5, 5.41) is 2.83. The van der Waals surface area contributed by atoms with Gasteiger partial charge < -0.3 is 16.0 Å². The summed E-state index contributed by atoms with van der Waals surface area (Å²) in [5.41, 5.74) is 5.73. The number of carbonyl (C=O) groups is 2. The van der Waals surface area contributed by atoms with Crippen molar-refractivity contribution in [3.63, 3.8) is 0 Å². The molecule has 100 valence electrons. The molecule has 0 bridgehead atoms. The molecule has 2 amide bonds. The van der Waals surface area contributed by atoms with Crippen LogP contribution in [0.5, 0.6) is 0 Å². The lowest BCUT2D eigenvalue weighted by Gasteiger charge is -2.22. The molecule has 1 aliphatic rings. The summed E-state index contributed by atoms with van der Waals surface area (Å²) in [6.07, 6.45) is 2.10. The number of nitrogens with two attached hydrogens (primary N) is 1. The minimum Gasteiger partial charge on any atom is -0.352 e. The van der Waals surface area contributed by atoms with Crippen LogP contribution in [0.15, 0.2) is 0 Å². The third kappa shape index (κ3) is 5.37. The lowest BCUT2D eigenvalue weighted by molar-refractivity contribution is -0.136. The SMILES string of the molecule is CC(C)C(N)C(=O)N(C)CC(=O)NC1CC1.Cl. The van der Waals surface area contributed by atoms with Gasteiger partial charge in [0.05, 0.1) is 12.6 Å². The van der Waals surface area contributed by atoms with E-state index < -0.39 is 6.04 Å². The molecule has 0 radical (unpaired) electrons. The Morgan fingerprint density at radius 3 is 2.35 bits per heavy atom. The van der Waals surface area contributed by atoms with Crippen molar-refractivity contribution in [2.75, 3.05) is 13.6 Å². The van der Waals surface area contributed by atoms with Gasteiger partial charge in [-0.3, -0.25) is 9.59 Å². The molecule has 6 heteroatoms. The largest absolute Gasteiger partial charge is 0.352 e. The van der Waals surface area contributed by atoms with Crippen LogP contribution in [-0.4, -0.2) is 42.4 Å². The number of hydrogen-bond donors (Lipinski definition) is 2. The Hall–Kier alpha value is -0.810. The summed E-state index contributed by atoms with van der Waals surface area (Å²) in [6, 6.07) is -0.200. The number of halogens is 1. The van der Waals surface area contributed by atoms with Crippen molar-refractivity contribution < 1.29 is 9.59 Å². The van der Waals surface area contributed by atoms with Crippen molar-refractivity contribution in [3.8, 4) is 0 Å². The van der Waals surface area contributed by atoms with Gasteiger partial charge in [0.1, 0.15) is 0 Å². The number of amides is 2. The van der Waals surface area contributed by atoms with Crippen molar-refractivity contribution in [1.29, 1.82) is 0 Å². The summed E-state index contributed by atoms with van der Waals surface area (Å²) in [4.78, 5) is 24.6. The highest BCUT2D eigenvalue weighted by atomic mass is 35.5. The van der Waals surface area contributed by atoms with Gasteiger partial charge in [0.2, 0.25) is 11.8 Å². The number of nitrogens with zero attached hydrogens (tertiary/aromatic N) is 1. The van der Waals surface area contributed by atoms with E-state index in [0.717, 1.165) is 12.8 Å². The van der Waals surface area contributed by atoms with Crippen LogP contribution in [0.25, 0.3) is 0 Å². The van der Waals surface area contributed by atoms with E-state index in [1.54, 1.807) is 7.05 Å². The van der Waals surface area contributed by atoms with E-state index >= 15 is 0 Å². The van der Waals surface area contributed by atoms with E-state index in [-0.39, 0.29) is 36.7 Å². The molecule has 0 saturated heterocycles. The molecule has 0 aliphatic heterocycles. The number of nitrogens with one attached hydrogen (secondary N) is 1. The summed E-state index contributed by atoms with van der Waals surface area (Å²) < 4.78 is 0. The van der Waals surface area contributed by atoms with E-state index in [1.165, 1.54) is 4.90 Å². The molecule has 5 nitrogen and oxygen atoms in total. The van der Waals surface area contributed by atoms with Crippen LogP contribution in [0.3, 0.4) is 0 Å². The van der Waals surface area contributed by atoms with E-state index in [0.29, 0.717) is 6.04 Å². The van der Waals surface area contributed by atoms with Crippen molar-refractivity contribution in [2.24, 2.45) is 11.7 Å². The van der Waals surface area contributed by atoms with Gasteiger partial charge in [-0.2, -0.15) is 0 Å². The maximum absolute atomic E-state index is 11.7. The van der Waals surface area contributed by atoms with E-state index in [9.17, 15) is 9.59 Å². The molecule has 0 aromatic rings. The number of hydrogen-bond acceptors (Lipinski definition) is 3. The first-order valence-corrected chi connectivity index (χ1v) is 5.71. The minimum absolute atomic E-state index is 0. The Morgan fingerprint density at radius 1 is 1.41 bits per heavy atom. The average Bonchev–Trinajstić information content (AvgIpc) is 2.98. The quantitative estimate of drug-likeness (QED) is 0.740. The van der Waals surface area contributed by atoms with Crippen LogP contribution in [-0.2, 0) is 9.59 Å². The third-order valence-corrected chi connectivity index (χ3v) is 2.70. The summed E-state index contributed by atoms with van der Waals surface area (Å²) in [5.74, 6) is -0.198. The molecule has 1 rings (SSSR count). The molecule has 3 N–H and O–H groups in total. The second-order valence-electron chi connectivity index (χ2n) is 4.81. The molecule has 1 saturated carbocycles. The fraction of sp³-hybridized carbons (Fsp3) is 0.818. The van der Waals surface area contributed by atoms with Crippen molar-refractivity contribution >= 4 is 24.2 Å². The highest BCUT2D eigenvalue weighted by Crippen LogP contribution is 2.18. The highest BCUT2D eigenvalue weighted by Gasteiger charge is 2.26. The molecule has 1 unspecified atom stereocenters. The predicted octanol–water partition coefficient (Wildman–Crippen LogP) is 0.129. The Morgan fingerprint density at radius 2 is 1.94 bits per heavy atom. The molecular formula is C11H22ClN3O2. The van der Waals surface area contributed by atoms with E-state index in [2.05, 4.69) is 5.32 Å². The maximum Gasteiger partial charge on any atom is 0.239 e. The van der Waals surface area contributed by atoms with Crippen LogP contribution in [0.4, 0.5) is 0 Å². The van der Waals surface area contributed by atoms with Crippen LogP contribution >= 0.6 is 12.4 Å². The van der Waals surface area contributed by atoms with Gasteiger partial charge >= 0.3 is 0 Å². The van der Waals surface area contributed by atoms with Gasteiger partial charge in [-0.05, 0) is 18.8 Å². The lowest BCUT2D eigenvalue weighted by Crippen LogP contribution is -2.48. The molecule has 0 heterocycles. The first kappa shape index (κ1) is 16.2. The Kier molecular flexibility index (Phi) is 6.49. The lowest BCUT2D eigenvalue weighted by atomic mass is 10.0. The minimum atomic E-state index is -0.529. The average molecular weight is 264 g/mol. The molecule has 17 heavy (non-hydrogen) atoms. The third-order valence-electron chi connectivity index (χ3n) is 2.70. The van der Waals surface area contributed by atoms with E-state index in [1.807, 2.05) is 13.8 Å². The van der Waals surface area contributed by atoms with Crippen LogP contribution in [0, 0.1) is 5.92 Å². The number of rotatable bonds is 5. The molecule has 0 spiro atoms. The van der Waals surface area contributed by atoms with E-state index in [4.69, 9.17) is 5.73 Å². The molecule has 0 aromatic heterocycles. The summed E-state index contributed by atoms with van der Waals surface area (Å²) >= 11 is 0. The Labute approximate surface area is 109 Å². The fourth-order valence-corrected chi connectivity index (χ4v) is 1.33. The van der Waals surface area contributed by atoms with Crippen molar-refractivity contribution in [2.45, 2.75) is 38.8 Å². The zero-order valence-electron chi connectivity index (χ0n) is 10.6. The number of likely N-dealkylation sites (N-methyl/N-ethyl adjacent to an activating group) is 1. The normalized spacial score (nSPS) is 16.1. The first-order chi connectivity index (χ1) is 7.41. The smallest absolute Gasteiger partial charge is 0.239 e. The van der Waals surface area contributed by atoms with Crippen LogP contribution in [0.2, 0.25) is 0 Å². The molecule has 0 aromatic carbocycles. The van der Waals surface area contributed by atoms with Crippen molar-refractivity contribution in [1.82, 2.24) is 10.2 Å². The standard InChI is InChI=1S/C11H21N3O2.ClH/c1-7(2)10(12)11(16)14(3)6-9(15)13-8-4-5-8;/h7-8,10H,4-6,12H2,1-3H3,(H,13,15);1H. The Balaban J connectivity index is 0.00000256. The molecule has 1 atom stereocenters. The van der Waals surface area contributed by atoms with Gasteiger partial charge in [-0.1, -0.05) is 13.8 Å². The summed E-state index contributed by atoms with van der Waals surface area (Å²) in [7, 11) is 1.61. The highest BCUT2D eigenvalue weighted by molar-refractivity contribution is 5.87. The van der Waals surface area contributed by atoms with Gasteiger partial charge in [0.15, 0.2) is 0 Å². The van der Waals surface area contributed by atoms with Gasteiger partial charge in [-0.15, -0.1) is 12.4 Å². The molecular weight excluding hydrogens is 242 g/mol. The maximum atomic E-state index is 11.7. The molecule has 1 aliphatic carbocycles. The van der Waals surface area contributed by atoms with Crippen LogP contribution < -0.4 is 11.1 Å². The topological polar surface area (TPSA) is 75.4 Å². The summed E-state index contributed by atoms with van der Waals surface area (Å²) in [6.45, 7) is 3.87. The van der Waals surface area contributed by atoms with Gasteiger partial charge in [0.25, 0.3) is 0 Å². The first-order valence-electron chi connectivity index (χ1n) is 5.71. The van der Waals surface area contributed by atoms with Gasteiger partial charge in [0, 0.05) is 13.1 Å².